The summed E-state index contributed by atoms with van der Waals surface area (Å²) in [4.78, 5) is 12.0. The van der Waals surface area contributed by atoms with Gasteiger partial charge in [-0.3, -0.25) is 4.79 Å². The molecule has 3 aromatic carbocycles. The number of methoxy groups -OCH3 is 1. The van der Waals surface area contributed by atoms with Crippen molar-refractivity contribution in [2.45, 2.75) is 12.4 Å². The van der Waals surface area contributed by atoms with Crippen molar-refractivity contribution in [3.63, 3.8) is 0 Å². The van der Waals surface area contributed by atoms with Gasteiger partial charge in [-0.1, -0.05) is 59.6 Å². The van der Waals surface area contributed by atoms with Crippen LogP contribution < -0.4 is 14.9 Å². The first-order chi connectivity index (χ1) is 16.0. The topological polar surface area (TPSA) is 59.9 Å². The molecule has 3 rings (SSSR count). The molecule has 1 N–H and O–H groups in total. The van der Waals surface area contributed by atoms with Gasteiger partial charge in [0.1, 0.15) is 6.61 Å². The van der Waals surface area contributed by atoms with Gasteiger partial charge in [-0.15, -0.1) is 11.8 Å². The molecule has 0 radical (unpaired) electrons. The zero-order chi connectivity index (χ0) is 23.6. The van der Waals surface area contributed by atoms with E-state index < -0.39 is 0 Å². The van der Waals surface area contributed by atoms with Gasteiger partial charge in [0.25, 0.3) is 0 Å². The summed E-state index contributed by atoms with van der Waals surface area (Å²) in [6.07, 6.45) is 1.55. The highest BCUT2D eigenvalue weighted by atomic mass is 79.9. The van der Waals surface area contributed by atoms with E-state index in [0.717, 1.165) is 16.9 Å². The zero-order valence-corrected chi connectivity index (χ0v) is 21.6. The predicted molar refractivity (Wildman–Crippen MR) is 140 cm³/mol. The zero-order valence-electron chi connectivity index (χ0n) is 17.7. The van der Waals surface area contributed by atoms with E-state index in [9.17, 15) is 4.79 Å². The number of thioether (sulfide) groups is 1. The molecule has 0 saturated heterocycles. The van der Waals surface area contributed by atoms with Crippen molar-refractivity contribution in [1.82, 2.24) is 5.43 Å². The van der Waals surface area contributed by atoms with E-state index in [1.165, 1.54) is 17.3 Å². The van der Waals surface area contributed by atoms with Gasteiger partial charge in [0, 0.05) is 5.75 Å². The van der Waals surface area contributed by atoms with Crippen LogP contribution in [0.1, 0.15) is 16.7 Å². The summed E-state index contributed by atoms with van der Waals surface area (Å²) in [5, 5.41) is 5.00. The maximum absolute atomic E-state index is 12.0. The first kappa shape index (κ1) is 25.4. The van der Waals surface area contributed by atoms with Crippen molar-refractivity contribution in [3.05, 3.63) is 91.9 Å². The van der Waals surface area contributed by atoms with Crippen LogP contribution in [0.25, 0.3) is 0 Å². The molecular formula is C24H21BrCl2N2O3S. The summed E-state index contributed by atoms with van der Waals surface area (Å²) in [7, 11) is 1.56. The van der Waals surface area contributed by atoms with Gasteiger partial charge in [-0.05, 0) is 56.9 Å². The van der Waals surface area contributed by atoms with Crippen LogP contribution in [0.15, 0.2) is 70.2 Å². The summed E-state index contributed by atoms with van der Waals surface area (Å²) < 4.78 is 12.1. The van der Waals surface area contributed by atoms with Gasteiger partial charge in [-0.2, -0.15) is 5.10 Å². The SMILES string of the molecule is COc1cc(/C=N\NC(=O)CSCc2ccccc2)cc(Br)c1OCc1ccc(Cl)c(Cl)c1. The first-order valence-corrected chi connectivity index (χ1v) is 12.5. The van der Waals surface area contributed by atoms with Crippen molar-refractivity contribution >= 4 is 63.0 Å². The number of halogens is 3. The van der Waals surface area contributed by atoms with E-state index in [4.69, 9.17) is 32.7 Å². The van der Waals surface area contributed by atoms with E-state index in [-0.39, 0.29) is 12.5 Å². The quantitative estimate of drug-likeness (QED) is 0.218. The molecule has 33 heavy (non-hydrogen) atoms. The number of nitrogens with zero attached hydrogens (tertiary/aromatic N) is 1. The van der Waals surface area contributed by atoms with Crippen molar-refractivity contribution in [3.8, 4) is 11.5 Å². The number of hydrogen-bond acceptors (Lipinski definition) is 5. The predicted octanol–water partition coefficient (Wildman–Crippen LogP) is 6.73. The molecule has 1 amide bonds. The number of hydrogen-bond donors (Lipinski definition) is 1. The molecule has 0 unspecified atom stereocenters. The van der Waals surface area contributed by atoms with E-state index in [2.05, 4.69) is 26.5 Å². The lowest BCUT2D eigenvalue weighted by molar-refractivity contribution is -0.118. The molecule has 9 heteroatoms. The second-order valence-electron chi connectivity index (χ2n) is 6.84. The second kappa shape index (κ2) is 12.9. The van der Waals surface area contributed by atoms with Crippen LogP contribution in [0.2, 0.25) is 10.0 Å². The highest BCUT2D eigenvalue weighted by Gasteiger charge is 2.12. The number of ether oxygens (including phenoxy) is 2. The fourth-order valence-electron chi connectivity index (χ4n) is 2.79. The molecule has 0 bridgehead atoms. The normalized spacial score (nSPS) is 10.9. The van der Waals surface area contributed by atoms with Gasteiger partial charge < -0.3 is 9.47 Å². The molecule has 0 aromatic heterocycles. The molecule has 0 aliphatic rings. The van der Waals surface area contributed by atoms with Crippen LogP contribution in [0, 0.1) is 0 Å². The number of nitrogens with one attached hydrogen (secondary N) is 1. The van der Waals surface area contributed by atoms with Crippen molar-refractivity contribution < 1.29 is 14.3 Å². The third-order valence-corrected chi connectivity index (χ3v) is 6.70. The van der Waals surface area contributed by atoms with Crippen molar-refractivity contribution in [2.75, 3.05) is 12.9 Å². The number of amides is 1. The Hall–Kier alpha value is -2.19. The number of benzene rings is 3. The Balaban J connectivity index is 1.55. The number of carbonyl (C=O) groups is 1. The Morgan fingerprint density at radius 1 is 1.09 bits per heavy atom. The van der Waals surface area contributed by atoms with Gasteiger partial charge in [0.2, 0.25) is 5.91 Å². The summed E-state index contributed by atoms with van der Waals surface area (Å²) in [5.74, 6) is 1.99. The highest BCUT2D eigenvalue weighted by Crippen LogP contribution is 2.37. The van der Waals surface area contributed by atoms with Crippen molar-refractivity contribution in [2.24, 2.45) is 5.10 Å². The molecule has 5 nitrogen and oxygen atoms in total. The Bertz CT molecular complexity index is 1130. The average molecular weight is 568 g/mol. The molecule has 3 aromatic rings. The van der Waals surface area contributed by atoms with E-state index in [1.807, 2.05) is 42.5 Å². The monoisotopic (exact) mass is 566 g/mol. The summed E-state index contributed by atoms with van der Waals surface area (Å²) >= 11 is 17.1. The number of rotatable bonds is 10. The van der Waals surface area contributed by atoms with E-state index in [0.29, 0.717) is 31.8 Å². The molecule has 0 atom stereocenters. The standard InChI is InChI=1S/C24H21BrCl2N2O3S/c1-31-22-11-18(12-28-29-23(30)15-33-14-16-5-3-2-4-6-16)9-19(25)24(22)32-13-17-7-8-20(26)21(27)10-17/h2-12H,13-15H2,1H3,(H,29,30)/b28-12-. The van der Waals surface area contributed by atoms with Gasteiger partial charge in [0.05, 0.1) is 33.6 Å². The van der Waals surface area contributed by atoms with Crippen LogP contribution in [0.5, 0.6) is 11.5 Å². The summed E-state index contributed by atoms with van der Waals surface area (Å²) in [5.41, 5.74) is 5.33. The Labute approximate surface area is 215 Å². The third kappa shape index (κ3) is 7.96. The fraction of sp³-hybridized carbons (Fsp3) is 0.167. The van der Waals surface area contributed by atoms with Crippen LogP contribution in [-0.2, 0) is 17.2 Å². The smallest absolute Gasteiger partial charge is 0.250 e. The molecule has 0 spiro atoms. The van der Waals surface area contributed by atoms with Crippen LogP contribution in [-0.4, -0.2) is 25.0 Å². The number of carbonyl (C=O) groups excluding carboxylic acids is 1. The Morgan fingerprint density at radius 2 is 1.88 bits per heavy atom. The van der Waals surface area contributed by atoms with Gasteiger partial charge >= 0.3 is 0 Å². The van der Waals surface area contributed by atoms with Crippen LogP contribution >= 0.6 is 50.9 Å². The average Bonchev–Trinajstić information content (AvgIpc) is 2.81. The van der Waals surface area contributed by atoms with Gasteiger partial charge in [-0.25, -0.2) is 5.43 Å². The second-order valence-corrected chi connectivity index (χ2v) is 9.50. The summed E-state index contributed by atoms with van der Waals surface area (Å²) in [6, 6.07) is 18.9. The van der Waals surface area contributed by atoms with Crippen molar-refractivity contribution in [1.29, 1.82) is 0 Å². The van der Waals surface area contributed by atoms with Crippen LogP contribution in [0.4, 0.5) is 0 Å². The lowest BCUT2D eigenvalue weighted by Gasteiger charge is -2.14. The maximum atomic E-state index is 12.0. The molecule has 0 fully saturated rings. The lowest BCUT2D eigenvalue weighted by Crippen LogP contribution is -2.19. The minimum Gasteiger partial charge on any atom is -0.493 e. The molecule has 0 heterocycles. The van der Waals surface area contributed by atoms with E-state index in [1.54, 1.807) is 31.5 Å². The number of hydrazone groups is 1. The molecule has 0 aliphatic carbocycles. The summed E-state index contributed by atoms with van der Waals surface area (Å²) in [6.45, 7) is 0.288. The fourth-order valence-corrected chi connectivity index (χ4v) is 4.46. The third-order valence-electron chi connectivity index (χ3n) is 4.37. The highest BCUT2D eigenvalue weighted by molar-refractivity contribution is 9.10. The minimum absolute atomic E-state index is 0.167. The first-order valence-electron chi connectivity index (χ1n) is 9.84. The van der Waals surface area contributed by atoms with E-state index >= 15 is 0 Å². The van der Waals surface area contributed by atoms with Gasteiger partial charge in [0.15, 0.2) is 11.5 Å². The largest absolute Gasteiger partial charge is 0.493 e. The molecule has 0 saturated carbocycles. The maximum Gasteiger partial charge on any atom is 0.250 e. The molecule has 172 valence electrons. The Morgan fingerprint density at radius 3 is 2.61 bits per heavy atom. The molecule has 0 aliphatic heterocycles. The van der Waals surface area contributed by atoms with Crippen LogP contribution in [0.3, 0.4) is 0 Å². The molecular weight excluding hydrogens is 547 g/mol. The minimum atomic E-state index is -0.167. The Kier molecular flexibility index (Phi) is 9.94. The lowest BCUT2D eigenvalue weighted by atomic mass is 10.2.